The Morgan fingerprint density at radius 3 is 2.15 bits per heavy atom. The average molecular weight is 286 g/mol. The van der Waals surface area contributed by atoms with Gasteiger partial charge in [0, 0.05) is 0 Å². The predicted molar refractivity (Wildman–Crippen MR) is 77.7 cm³/mol. The van der Waals surface area contributed by atoms with E-state index in [1.165, 1.54) is 0 Å². The average Bonchev–Trinajstić information content (AvgIpc) is 2.48. The molecule has 116 valence electrons. The summed E-state index contributed by atoms with van der Waals surface area (Å²) in [4.78, 5) is 0. The highest BCUT2D eigenvalue weighted by molar-refractivity contribution is 4.85. The van der Waals surface area contributed by atoms with Crippen LogP contribution in [0.4, 0.5) is 8.78 Å². The second-order valence-electron chi connectivity index (χ2n) is 6.58. The second kappa shape index (κ2) is 7.02. The molecule has 0 amide bonds. The van der Waals surface area contributed by atoms with E-state index in [9.17, 15) is 8.78 Å². The lowest BCUT2D eigenvalue weighted by Crippen LogP contribution is -2.38. The lowest BCUT2D eigenvalue weighted by atomic mass is 9.80. The summed E-state index contributed by atoms with van der Waals surface area (Å²) in [5, 5.41) is 0. The van der Waals surface area contributed by atoms with Gasteiger partial charge in [0.05, 0.1) is 12.0 Å². The molecule has 0 heterocycles. The Bertz CT molecular complexity index is 300. The minimum atomic E-state index is -2.93. The highest BCUT2D eigenvalue weighted by Gasteiger charge is 2.44. The van der Waals surface area contributed by atoms with Gasteiger partial charge in [0.15, 0.2) is 0 Å². The molecule has 2 fully saturated rings. The smallest absolute Gasteiger partial charge is 0.317 e. The molecule has 2 rings (SSSR count). The summed E-state index contributed by atoms with van der Waals surface area (Å²) in [6.45, 7) is 5.93. The topological polar surface area (TPSA) is 9.23 Å². The van der Waals surface area contributed by atoms with Crippen LogP contribution in [-0.4, -0.2) is 12.2 Å². The fourth-order valence-corrected chi connectivity index (χ4v) is 3.67. The first-order valence-corrected chi connectivity index (χ1v) is 8.23. The summed E-state index contributed by atoms with van der Waals surface area (Å²) in [6, 6.07) is 0. The molecule has 0 atom stereocenters. The predicted octanol–water partition coefficient (Wildman–Crippen LogP) is 5.56. The minimum absolute atomic E-state index is 0.259. The Hall–Kier alpha value is -0.440. The molecule has 2 aliphatic rings. The first-order chi connectivity index (χ1) is 9.55. The molecule has 0 aromatic rings. The van der Waals surface area contributed by atoms with E-state index in [-0.39, 0.29) is 6.10 Å². The second-order valence-corrected chi connectivity index (χ2v) is 6.58. The van der Waals surface area contributed by atoms with Crippen LogP contribution < -0.4 is 0 Å². The van der Waals surface area contributed by atoms with Gasteiger partial charge < -0.3 is 4.74 Å². The number of alkyl halides is 2. The van der Waals surface area contributed by atoms with E-state index in [0.717, 1.165) is 44.9 Å². The Morgan fingerprint density at radius 1 is 1.05 bits per heavy atom. The van der Waals surface area contributed by atoms with Crippen molar-refractivity contribution in [2.24, 2.45) is 17.8 Å². The number of hydrogen-bond acceptors (Lipinski definition) is 1. The molecule has 0 aromatic heterocycles. The molecule has 2 saturated carbocycles. The maximum atomic E-state index is 14.3. The van der Waals surface area contributed by atoms with Gasteiger partial charge in [-0.25, -0.2) is 0 Å². The Morgan fingerprint density at radius 2 is 1.65 bits per heavy atom. The highest BCUT2D eigenvalue weighted by atomic mass is 19.3. The maximum Gasteiger partial charge on any atom is 0.358 e. The van der Waals surface area contributed by atoms with Crippen molar-refractivity contribution >= 4 is 0 Å². The summed E-state index contributed by atoms with van der Waals surface area (Å²) in [5.74, 6) is 0.566. The van der Waals surface area contributed by atoms with Crippen molar-refractivity contribution in [3.05, 3.63) is 12.7 Å². The van der Waals surface area contributed by atoms with Crippen molar-refractivity contribution < 1.29 is 13.5 Å². The van der Waals surface area contributed by atoms with Gasteiger partial charge in [-0.15, -0.1) is 6.58 Å². The maximum absolute atomic E-state index is 14.3. The van der Waals surface area contributed by atoms with Gasteiger partial charge in [0.2, 0.25) is 0 Å². The van der Waals surface area contributed by atoms with Crippen molar-refractivity contribution in [2.75, 3.05) is 0 Å². The van der Waals surface area contributed by atoms with Crippen LogP contribution in [0.25, 0.3) is 0 Å². The minimum Gasteiger partial charge on any atom is -0.317 e. The molecule has 0 aliphatic heterocycles. The lowest BCUT2D eigenvalue weighted by Gasteiger charge is -2.36. The van der Waals surface area contributed by atoms with Crippen LogP contribution in [0.15, 0.2) is 12.7 Å². The van der Waals surface area contributed by atoms with Crippen molar-refractivity contribution in [1.82, 2.24) is 0 Å². The molecule has 0 radical (unpaired) electrons. The quantitative estimate of drug-likeness (QED) is 0.601. The summed E-state index contributed by atoms with van der Waals surface area (Å²) < 4.78 is 33.7. The van der Waals surface area contributed by atoms with Crippen molar-refractivity contribution in [3.63, 3.8) is 0 Å². The monoisotopic (exact) mass is 286 g/mol. The number of halogens is 2. The van der Waals surface area contributed by atoms with E-state index in [4.69, 9.17) is 4.74 Å². The van der Waals surface area contributed by atoms with Gasteiger partial charge in [0.1, 0.15) is 0 Å². The molecule has 0 bridgehead atoms. The highest BCUT2D eigenvalue weighted by Crippen LogP contribution is 2.42. The van der Waals surface area contributed by atoms with E-state index in [0.29, 0.717) is 24.7 Å². The van der Waals surface area contributed by atoms with Crippen molar-refractivity contribution in [3.8, 4) is 0 Å². The molecule has 20 heavy (non-hydrogen) atoms. The largest absolute Gasteiger partial charge is 0.358 e. The van der Waals surface area contributed by atoms with Gasteiger partial charge in [-0.3, -0.25) is 0 Å². The van der Waals surface area contributed by atoms with Crippen LogP contribution in [0.5, 0.6) is 0 Å². The SMILES string of the molecule is C=CC1CCC(OC(F)(F)C2CCC(CC)CC2)CC1. The summed E-state index contributed by atoms with van der Waals surface area (Å²) in [7, 11) is 0. The van der Waals surface area contributed by atoms with E-state index in [1.54, 1.807) is 0 Å². The van der Waals surface area contributed by atoms with Crippen molar-refractivity contribution in [1.29, 1.82) is 0 Å². The van der Waals surface area contributed by atoms with E-state index < -0.39 is 12.0 Å². The molecule has 3 heteroatoms. The standard InChI is InChI=1S/C17H28F2O/c1-3-13-5-9-15(10-6-13)17(18,19)20-16-11-7-14(4-2)8-12-16/h4,13-16H,2-3,5-12H2,1H3. The van der Waals surface area contributed by atoms with Crippen molar-refractivity contribution in [2.45, 2.75) is 76.9 Å². The number of hydrogen-bond donors (Lipinski definition) is 0. The zero-order valence-electron chi connectivity index (χ0n) is 12.6. The molecule has 0 N–H and O–H groups in total. The molecule has 0 unspecified atom stereocenters. The van der Waals surface area contributed by atoms with Crippen LogP contribution in [0, 0.1) is 17.8 Å². The third kappa shape index (κ3) is 4.03. The molecule has 0 saturated heterocycles. The van der Waals surface area contributed by atoms with Gasteiger partial charge in [-0.1, -0.05) is 19.4 Å². The van der Waals surface area contributed by atoms with Gasteiger partial charge in [0.25, 0.3) is 0 Å². The normalized spacial score (nSPS) is 35.8. The number of rotatable bonds is 5. The first-order valence-electron chi connectivity index (χ1n) is 8.23. The summed E-state index contributed by atoms with van der Waals surface area (Å²) in [6.07, 6.45) is 6.35. The number of ether oxygens (including phenoxy) is 1. The first kappa shape index (κ1) is 15.9. The lowest BCUT2D eigenvalue weighted by molar-refractivity contribution is -0.301. The summed E-state index contributed by atoms with van der Waals surface area (Å²) >= 11 is 0. The molecule has 0 aromatic carbocycles. The Kier molecular flexibility index (Phi) is 5.59. The van der Waals surface area contributed by atoms with E-state index in [2.05, 4.69) is 13.5 Å². The third-order valence-corrected chi connectivity index (χ3v) is 5.28. The van der Waals surface area contributed by atoms with E-state index in [1.807, 2.05) is 6.08 Å². The van der Waals surface area contributed by atoms with E-state index >= 15 is 0 Å². The Labute approximate surface area is 121 Å². The van der Waals surface area contributed by atoms with Crippen LogP contribution in [0.1, 0.15) is 64.7 Å². The Balaban J connectivity index is 1.80. The van der Waals surface area contributed by atoms with Crippen LogP contribution in [0.2, 0.25) is 0 Å². The zero-order chi connectivity index (χ0) is 14.6. The fourth-order valence-electron chi connectivity index (χ4n) is 3.67. The van der Waals surface area contributed by atoms with Crippen LogP contribution in [-0.2, 0) is 4.74 Å². The van der Waals surface area contributed by atoms with Gasteiger partial charge in [-0.05, 0) is 63.2 Å². The van der Waals surface area contributed by atoms with Crippen LogP contribution >= 0.6 is 0 Å². The molecule has 0 spiro atoms. The number of allylic oxidation sites excluding steroid dienone is 1. The van der Waals surface area contributed by atoms with Crippen LogP contribution in [0.3, 0.4) is 0 Å². The van der Waals surface area contributed by atoms with Gasteiger partial charge in [-0.2, -0.15) is 8.78 Å². The summed E-state index contributed by atoms with van der Waals surface area (Å²) in [5.41, 5.74) is 0. The molecule has 2 aliphatic carbocycles. The molecular weight excluding hydrogens is 258 g/mol. The molecular formula is C17H28F2O. The zero-order valence-corrected chi connectivity index (χ0v) is 12.6. The third-order valence-electron chi connectivity index (χ3n) is 5.28. The fraction of sp³-hybridized carbons (Fsp3) is 0.882. The molecule has 1 nitrogen and oxygen atoms in total. The van der Waals surface area contributed by atoms with Gasteiger partial charge >= 0.3 is 6.11 Å².